The van der Waals surface area contributed by atoms with Crippen molar-refractivity contribution in [2.24, 2.45) is 11.7 Å². The number of nitrogens with two attached hydrogens (primary N) is 1. The van der Waals surface area contributed by atoms with Crippen LogP contribution in [-0.4, -0.2) is 29.9 Å². The molecule has 0 aromatic rings. The molecule has 3 nitrogen and oxygen atoms in total. The smallest absolute Gasteiger partial charge is 0.229 e. The monoisotopic (exact) mass is 196 g/mol. The number of hydrogen-bond acceptors (Lipinski definition) is 2. The molecule has 0 saturated heterocycles. The number of carbonyl (C=O) groups excluding carboxylic acids is 1. The summed E-state index contributed by atoms with van der Waals surface area (Å²) in [4.78, 5) is 13.7. The Hall–Kier alpha value is -0.830. The fourth-order valence-electron chi connectivity index (χ4n) is 1.66. The molecule has 3 heteroatoms. The van der Waals surface area contributed by atoms with Crippen molar-refractivity contribution in [2.75, 3.05) is 7.05 Å². The van der Waals surface area contributed by atoms with E-state index in [-0.39, 0.29) is 17.9 Å². The fraction of sp³-hybridized carbons (Fsp3) is 0.727. The van der Waals surface area contributed by atoms with Gasteiger partial charge in [-0.3, -0.25) is 4.79 Å². The first kappa shape index (κ1) is 11.2. The minimum absolute atomic E-state index is 0.00370. The summed E-state index contributed by atoms with van der Waals surface area (Å²) in [6.45, 7) is 4.15. The van der Waals surface area contributed by atoms with Crippen LogP contribution in [0.4, 0.5) is 0 Å². The molecule has 80 valence electrons. The lowest BCUT2D eigenvalue weighted by Crippen LogP contribution is -2.38. The van der Waals surface area contributed by atoms with Gasteiger partial charge in [0.1, 0.15) is 0 Å². The van der Waals surface area contributed by atoms with Crippen LogP contribution in [0.15, 0.2) is 12.2 Å². The van der Waals surface area contributed by atoms with Gasteiger partial charge in [-0.2, -0.15) is 0 Å². The van der Waals surface area contributed by atoms with Crippen molar-refractivity contribution >= 4 is 5.91 Å². The predicted octanol–water partition coefficient (Wildman–Crippen LogP) is 1.15. The van der Waals surface area contributed by atoms with Gasteiger partial charge in [0.25, 0.3) is 0 Å². The van der Waals surface area contributed by atoms with Gasteiger partial charge in [-0.05, 0) is 19.8 Å². The Bertz CT molecular complexity index is 237. The SMILES string of the molecule is CCC(C)N(C)C(=O)C1C=CC(N)C1. The summed E-state index contributed by atoms with van der Waals surface area (Å²) in [7, 11) is 1.87. The first-order chi connectivity index (χ1) is 6.56. The molecule has 0 saturated carbocycles. The van der Waals surface area contributed by atoms with E-state index in [2.05, 4.69) is 13.8 Å². The number of amides is 1. The average molecular weight is 196 g/mol. The van der Waals surface area contributed by atoms with Crippen molar-refractivity contribution in [1.29, 1.82) is 0 Å². The summed E-state index contributed by atoms with van der Waals surface area (Å²) >= 11 is 0. The lowest BCUT2D eigenvalue weighted by Gasteiger charge is -2.26. The molecule has 0 aromatic heterocycles. The first-order valence-corrected chi connectivity index (χ1v) is 5.26. The van der Waals surface area contributed by atoms with Crippen LogP contribution in [0.3, 0.4) is 0 Å². The highest BCUT2D eigenvalue weighted by Crippen LogP contribution is 2.19. The summed E-state index contributed by atoms with van der Waals surface area (Å²) in [5, 5.41) is 0. The zero-order chi connectivity index (χ0) is 10.7. The molecule has 0 bridgehead atoms. The normalized spacial score (nSPS) is 27.7. The van der Waals surface area contributed by atoms with Gasteiger partial charge in [0, 0.05) is 19.1 Å². The Morgan fingerprint density at radius 2 is 2.29 bits per heavy atom. The third-order valence-electron chi connectivity index (χ3n) is 3.03. The van der Waals surface area contributed by atoms with Crippen LogP contribution in [0.5, 0.6) is 0 Å². The van der Waals surface area contributed by atoms with Crippen LogP contribution < -0.4 is 5.73 Å². The van der Waals surface area contributed by atoms with Crippen LogP contribution in [-0.2, 0) is 4.79 Å². The number of carbonyl (C=O) groups is 1. The van der Waals surface area contributed by atoms with Gasteiger partial charge in [-0.1, -0.05) is 19.1 Å². The third kappa shape index (κ3) is 2.35. The quantitative estimate of drug-likeness (QED) is 0.688. The molecule has 1 amide bonds. The molecule has 3 unspecified atom stereocenters. The van der Waals surface area contributed by atoms with Gasteiger partial charge in [-0.25, -0.2) is 0 Å². The molecule has 0 aliphatic heterocycles. The Balaban J connectivity index is 2.53. The van der Waals surface area contributed by atoms with Crippen LogP contribution in [0.1, 0.15) is 26.7 Å². The fourth-order valence-corrected chi connectivity index (χ4v) is 1.66. The zero-order valence-electron chi connectivity index (χ0n) is 9.23. The Morgan fingerprint density at radius 1 is 1.64 bits per heavy atom. The molecule has 1 aliphatic carbocycles. The van der Waals surface area contributed by atoms with Gasteiger partial charge in [0.15, 0.2) is 0 Å². The maximum absolute atomic E-state index is 11.9. The van der Waals surface area contributed by atoms with E-state index in [9.17, 15) is 4.79 Å². The Labute approximate surface area is 86.0 Å². The summed E-state index contributed by atoms with van der Waals surface area (Å²) in [5.41, 5.74) is 5.71. The third-order valence-corrected chi connectivity index (χ3v) is 3.03. The van der Waals surface area contributed by atoms with Crippen molar-refractivity contribution in [3.05, 3.63) is 12.2 Å². The molecule has 14 heavy (non-hydrogen) atoms. The molecular formula is C11H20N2O. The standard InChI is InChI=1S/C11H20N2O/c1-4-8(2)13(3)11(14)9-5-6-10(12)7-9/h5-6,8-10H,4,7,12H2,1-3H3. The van der Waals surface area contributed by atoms with E-state index < -0.39 is 0 Å². The van der Waals surface area contributed by atoms with E-state index in [0.717, 1.165) is 12.8 Å². The summed E-state index contributed by atoms with van der Waals surface area (Å²) < 4.78 is 0. The molecular weight excluding hydrogens is 176 g/mol. The Morgan fingerprint density at radius 3 is 2.71 bits per heavy atom. The van der Waals surface area contributed by atoms with Crippen LogP contribution in [0, 0.1) is 5.92 Å². The lowest BCUT2D eigenvalue weighted by molar-refractivity contribution is -0.134. The van der Waals surface area contributed by atoms with Crippen molar-refractivity contribution < 1.29 is 4.79 Å². The minimum Gasteiger partial charge on any atom is -0.343 e. The van der Waals surface area contributed by atoms with E-state index in [1.54, 1.807) is 0 Å². The van der Waals surface area contributed by atoms with Crippen LogP contribution in [0.2, 0.25) is 0 Å². The summed E-state index contributed by atoms with van der Waals surface area (Å²) in [6, 6.07) is 0.377. The van der Waals surface area contributed by atoms with E-state index >= 15 is 0 Å². The second kappa shape index (κ2) is 4.60. The molecule has 2 N–H and O–H groups in total. The van der Waals surface area contributed by atoms with Gasteiger partial charge in [-0.15, -0.1) is 0 Å². The summed E-state index contributed by atoms with van der Waals surface area (Å²) in [5.74, 6) is 0.201. The largest absolute Gasteiger partial charge is 0.343 e. The van der Waals surface area contributed by atoms with E-state index in [1.165, 1.54) is 0 Å². The summed E-state index contributed by atoms with van der Waals surface area (Å²) in [6.07, 6.45) is 5.61. The molecule has 0 spiro atoms. The lowest BCUT2D eigenvalue weighted by atomic mass is 10.1. The zero-order valence-corrected chi connectivity index (χ0v) is 9.23. The maximum Gasteiger partial charge on any atom is 0.229 e. The van der Waals surface area contributed by atoms with Crippen LogP contribution >= 0.6 is 0 Å². The minimum atomic E-state index is 0.00370. The van der Waals surface area contributed by atoms with E-state index in [4.69, 9.17) is 5.73 Å². The molecule has 1 rings (SSSR count). The molecule has 0 heterocycles. The predicted molar refractivity (Wildman–Crippen MR) is 57.7 cm³/mol. The molecule has 0 fully saturated rings. The average Bonchev–Trinajstić information content (AvgIpc) is 2.61. The van der Waals surface area contributed by atoms with Crippen molar-refractivity contribution in [1.82, 2.24) is 4.90 Å². The van der Waals surface area contributed by atoms with E-state index in [1.807, 2.05) is 24.1 Å². The second-order valence-corrected chi connectivity index (χ2v) is 4.10. The van der Waals surface area contributed by atoms with Crippen molar-refractivity contribution in [3.8, 4) is 0 Å². The van der Waals surface area contributed by atoms with Gasteiger partial charge >= 0.3 is 0 Å². The Kier molecular flexibility index (Phi) is 3.69. The maximum atomic E-state index is 11.9. The van der Waals surface area contributed by atoms with E-state index in [0.29, 0.717) is 6.04 Å². The highest BCUT2D eigenvalue weighted by atomic mass is 16.2. The van der Waals surface area contributed by atoms with Gasteiger partial charge < -0.3 is 10.6 Å². The second-order valence-electron chi connectivity index (χ2n) is 4.10. The number of rotatable bonds is 3. The molecule has 1 aliphatic rings. The van der Waals surface area contributed by atoms with Crippen molar-refractivity contribution in [3.63, 3.8) is 0 Å². The highest BCUT2D eigenvalue weighted by molar-refractivity contribution is 5.81. The molecule has 0 radical (unpaired) electrons. The van der Waals surface area contributed by atoms with Gasteiger partial charge in [0.2, 0.25) is 5.91 Å². The molecule has 3 atom stereocenters. The highest BCUT2D eigenvalue weighted by Gasteiger charge is 2.26. The molecule has 0 aromatic carbocycles. The van der Waals surface area contributed by atoms with Crippen molar-refractivity contribution in [2.45, 2.75) is 38.8 Å². The number of nitrogens with zero attached hydrogens (tertiary/aromatic N) is 1. The first-order valence-electron chi connectivity index (χ1n) is 5.26. The van der Waals surface area contributed by atoms with Gasteiger partial charge in [0.05, 0.1) is 5.92 Å². The van der Waals surface area contributed by atoms with Crippen LogP contribution in [0.25, 0.3) is 0 Å². The topological polar surface area (TPSA) is 46.3 Å². The number of hydrogen-bond donors (Lipinski definition) is 1.